The third-order valence-corrected chi connectivity index (χ3v) is 3.15. The Kier molecular flexibility index (Phi) is 4.93. The summed E-state index contributed by atoms with van der Waals surface area (Å²) < 4.78 is 9.85. The van der Waals surface area contributed by atoms with Crippen molar-refractivity contribution in [2.75, 3.05) is 13.2 Å². The number of carbonyl (C=O) groups excluding carboxylic acids is 2. The minimum Gasteiger partial charge on any atom is -0.465 e. The van der Waals surface area contributed by atoms with Gasteiger partial charge in [0.15, 0.2) is 5.41 Å². The molecule has 0 aromatic heterocycles. The summed E-state index contributed by atoms with van der Waals surface area (Å²) in [4.78, 5) is 23.9. The average Bonchev–Trinajstić information content (AvgIpc) is 2.30. The quantitative estimate of drug-likeness (QED) is 0.590. The largest absolute Gasteiger partial charge is 0.465 e. The predicted octanol–water partition coefficient (Wildman–Crippen LogP) is 1.03. The fourth-order valence-corrected chi connectivity index (χ4v) is 2.23. The molecule has 0 radical (unpaired) electrons. The highest BCUT2D eigenvalue weighted by Crippen LogP contribution is 2.39. The highest BCUT2D eigenvalue weighted by atomic mass is 16.6. The maximum Gasteiger partial charge on any atom is 0.326 e. The molecule has 0 aliphatic heterocycles. The Bertz CT molecular complexity index is 269. The summed E-state index contributed by atoms with van der Waals surface area (Å²) in [5.74, 6) is -1.32. The number of hydrogen-bond acceptors (Lipinski definition) is 5. The Hall–Kier alpha value is -1.10. The van der Waals surface area contributed by atoms with Crippen molar-refractivity contribution in [1.29, 1.82) is 0 Å². The van der Waals surface area contributed by atoms with Crippen molar-refractivity contribution in [2.24, 2.45) is 5.41 Å². The molecule has 1 unspecified atom stereocenters. The van der Waals surface area contributed by atoms with E-state index in [-0.39, 0.29) is 13.2 Å². The fourth-order valence-electron chi connectivity index (χ4n) is 2.23. The highest BCUT2D eigenvalue weighted by molar-refractivity contribution is 6.01. The van der Waals surface area contributed by atoms with Crippen LogP contribution in [0.25, 0.3) is 0 Å². The first-order chi connectivity index (χ1) is 8.09. The second-order valence-corrected chi connectivity index (χ2v) is 4.17. The molecule has 1 N–H and O–H groups in total. The van der Waals surface area contributed by atoms with Crippen molar-refractivity contribution < 1.29 is 24.2 Å². The molecule has 5 heteroatoms. The van der Waals surface area contributed by atoms with Crippen LogP contribution >= 0.6 is 0 Å². The number of carbonyl (C=O) groups is 2. The smallest absolute Gasteiger partial charge is 0.326 e. The van der Waals surface area contributed by atoms with E-state index in [2.05, 4.69) is 0 Å². The lowest BCUT2D eigenvalue weighted by molar-refractivity contribution is -0.184. The van der Waals surface area contributed by atoms with E-state index in [0.717, 1.165) is 6.42 Å². The van der Waals surface area contributed by atoms with Crippen LogP contribution in [0.5, 0.6) is 0 Å². The van der Waals surface area contributed by atoms with Crippen molar-refractivity contribution in [1.82, 2.24) is 0 Å². The molecule has 1 saturated carbocycles. The van der Waals surface area contributed by atoms with Gasteiger partial charge in [0.2, 0.25) is 0 Å². The molecule has 1 fully saturated rings. The number of ether oxygens (including phenoxy) is 2. The molecule has 17 heavy (non-hydrogen) atoms. The van der Waals surface area contributed by atoms with Gasteiger partial charge in [-0.2, -0.15) is 0 Å². The topological polar surface area (TPSA) is 72.8 Å². The summed E-state index contributed by atoms with van der Waals surface area (Å²) in [7, 11) is 0. The third-order valence-electron chi connectivity index (χ3n) is 3.15. The zero-order chi connectivity index (χ0) is 12.9. The second-order valence-electron chi connectivity index (χ2n) is 4.17. The van der Waals surface area contributed by atoms with Gasteiger partial charge in [-0.1, -0.05) is 12.8 Å². The number of esters is 2. The van der Waals surface area contributed by atoms with Crippen molar-refractivity contribution in [3.8, 4) is 0 Å². The summed E-state index contributed by atoms with van der Waals surface area (Å²) in [6.07, 6.45) is 1.24. The van der Waals surface area contributed by atoms with Crippen LogP contribution in [-0.4, -0.2) is 36.4 Å². The third kappa shape index (κ3) is 2.60. The van der Waals surface area contributed by atoms with E-state index in [1.807, 2.05) is 0 Å². The van der Waals surface area contributed by atoms with Crippen LogP contribution < -0.4 is 0 Å². The number of hydrogen-bond donors (Lipinski definition) is 1. The van der Waals surface area contributed by atoms with Crippen molar-refractivity contribution >= 4 is 11.9 Å². The molecule has 0 aromatic rings. The SMILES string of the molecule is CCOC(=O)C1(C(=O)OCC)CCCCC1O. The molecular formula is C12H20O5. The van der Waals surface area contributed by atoms with E-state index in [4.69, 9.17) is 9.47 Å². The second kappa shape index (κ2) is 6.00. The normalized spacial score (nSPS) is 22.9. The molecule has 0 bridgehead atoms. The lowest BCUT2D eigenvalue weighted by atomic mass is 9.71. The standard InChI is InChI=1S/C12H20O5/c1-3-16-10(14)12(11(15)17-4-2)8-6-5-7-9(12)13/h9,13H,3-8H2,1-2H3. The summed E-state index contributed by atoms with van der Waals surface area (Å²) in [6, 6.07) is 0. The van der Waals surface area contributed by atoms with Crippen LogP contribution in [0.15, 0.2) is 0 Å². The van der Waals surface area contributed by atoms with E-state index >= 15 is 0 Å². The lowest BCUT2D eigenvalue weighted by Crippen LogP contribution is -2.52. The summed E-state index contributed by atoms with van der Waals surface area (Å²) in [6.45, 7) is 3.72. The Morgan fingerprint density at radius 3 is 2.12 bits per heavy atom. The van der Waals surface area contributed by atoms with Crippen molar-refractivity contribution in [3.63, 3.8) is 0 Å². The molecule has 5 nitrogen and oxygen atoms in total. The van der Waals surface area contributed by atoms with Gasteiger partial charge in [0, 0.05) is 0 Å². The zero-order valence-electron chi connectivity index (χ0n) is 10.4. The van der Waals surface area contributed by atoms with Gasteiger partial charge in [-0.25, -0.2) is 0 Å². The first kappa shape index (κ1) is 14.0. The van der Waals surface area contributed by atoms with Crippen LogP contribution in [-0.2, 0) is 19.1 Å². The maximum absolute atomic E-state index is 12.0. The predicted molar refractivity (Wildman–Crippen MR) is 60.2 cm³/mol. The van der Waals surface area contributed by atoms with Gasteiger partial charge in [-0.3, -0.25) is 9.59 Å². The minimum atomic E-state index is -1.51. The summed E-state index contributed by atoms with van der Waals surface area (Å²) in [5.41, 5.74) is -1.51. The van der Waals surface area contributed by atoms with Gasteiger partial charge in [0.25, 0.3) is 0 Å². The van der Waals surface area contributed by atoms with E-state index in [1.54, 1.807) is 13.8 Å². The minimum absolute atomic E-state index is 0.187. The molecule has 0 aromatic carbocycles. The fraction of sp³-hybridized carbons (Fsp3) is 0.833. The molecule has 0 saturated heterocycles. The van der Waals surface area contributed by atoms with Crippen LogP contribution in [0.2, 0.25) is 0 Å². The van der Waals surface area contributed by atoms with E-state index < -0.39 is 23.5 Å². The molecule has 0 amide bonds. The van der Waals surface area contributed by atoms with E-state index in [1.165, 1.54) is 0 Å². The van der Waals surface area contributed by atoms with E-state index in [0.29, 0.717) is 19.3 Å². The monoisotopic (exact) mass is 244 g/mol. The molecule has 98 valence electrons. The molecule has 1 aliphatic rings. The Balaban J connectivity index is 2.97. The van der Waals surface area contributed by atoms with Crippen molar-refractivity contribution in [2.45, 2.75) is 45.6 Å². The molecule has 0 spiro atoms. The Labute approximate surface area is 101 Å². The van der Waals surface area contributed by atoms with Gasteiger partial charge < -0.3 is 14.6 Å². The molecule has 1 rings (SSSR count). The number of aliphatic hydroxyl groups excluding tert-OH is 1. The molecule has 1 atom stereocenters. The van der Waals surface area contributed by atoms with Crippen LogP contribution in [0.1, 0.15) is 39.5 Å². The lowest BCUT2D eigenvalue weighted by Gasteiger charge is -2.36. The highest BCUT2D eigenvalue weighted by Gasteiger charge is 2.55. The van der Waals surface area contributed by atoms with Gasteiger partial charge in [-0.05, 0) is 26.7 Å². The van der Waals surface area contributed by atoms with E-state index in [9.17, 15) is 14.7 Å². The van der Waals surface area contributed by atoms with Crippen LogP contribution in [0.4, 0.5) is 0 Å². The van der Waals surface area contributed by atoms with Crippen LogP contribution in [0.3, 0.4) is 0 Å². The summed E-state index contributed by atoms with van der Waals surface area (Å²) in [5, 5.41) is 10.0. The van der Waals surface area contributed by atoms with Gasteiger partial charge in [-0.15, -0.1) is 0 Å². The maximum atomic E-state index is 12.0. The van der Waals surface area contributed by atoms with Gasteiger partial charge in [0.05, 0.1) is 19.3 Å². The Morgan fingerprint density at radius 1 is 1.18 bits per heavy atom. The first-order valence-electron chi connectivity index (χ1n) is 6.12. The van der Waals surface area contributed by atoms with Gasteiger partial charge in [0.1, 0.15) is 0 Å². The molecular weight excluding hydrogens is 224 g/mol. The zero-order valence-corrected chi connectivity index (χ0v) is 10.4. The number of aliphatic hydroxyl groups is 1. The number of rotatable bonds is 4. The first-order valence-corrected chi connectivity index (χ1v) is 6.12. The van der Waals surface area contributed by atoms with Crippen LogP contribution in [0, 0.1) is 5.41 Å². The van der Waals surface area contributed by atoms with Crippen molar-refractivity contribution in [3.05, 3.63) is 0 Å². The van der Waals surface area contributed by atoms with Gasteiger partial charge >= 0.3 is 11.9 Å². The summed E-state index contributed by atoms with van der Waals surface area (Å²) >= 11 is 0. The Morgan fingerprint density at radius 2 is 1.71 bits per heavy atom. The molecule has 0 heterocycles. The average molecular weight is 244 g/mol. The molecule has 1 aliphatic carbocycles.